The molecule has 2 aliphatic rings. The third-order valence-electron chi connectivity index (χ3n) is 5.57. The van der Waals surface area contributed by atoms with Crippen molar-refractivity contribution in [1.29, 1.82) is 0 Å². The van der Waals surface area contributed by atoms with Crippen LogP contribution in [0.25, 0.3) is 0 Å². The standard InChI is InChI=1S/C20H28N6O2/c27-18-6-10-25(11-7-18)13-15-2-1-3-16(12-15)22-20(28)19-14-26(24-23-19)17-4-8-21-9-5-17/h1-3,12,14,17-18,21,27H,4-11,13H2,(H,22,28). The topological polar surface area (TPSA) is 95.3 Å². The molecular weight excluding hydrogens is 356 g/mol. The summed E-state index contributed by atoms with van der Waals surface area (Å²) in [5.74, 6) is -0.238. The van der Waals surface area contributed by atoms with Gasteiger partial charge in [-0.15, -0.1) is 5.10 Å². The number of rotatable bonds is 5. The van der Waals surface area contributed by atoms with Crippen LogP contribution in [0.1, 0.15) is 47.8 Å². The first-order valence-corrected chi connectivity index (χ1v) is 10.1. The van der Waals surface area contributed by atoms with Gasteiger partial charge in [0.05, 0.1) is 18.3 Å². The summed E-state index contributed by atoms with van der Waals surface area (Å²) >= 11 is 0. The third kappa shape index (κ3) is 4.76. The number of anilines is 1. The molecule has 1 amide bonds. The van der Waals surface area contributed by atoms with Gasteiger partial charge in [0.2, 0.25) is 0 Å². The molecule has 150 valence electrons. The second kappa shape index (κ2) is 8.81. The Bertz CT molecular complexity index is 793. The fourth-order valence-electron chi connectivity index (χ4n) is 3.91. The summed E-state index contributed by atoms with van der Waals surface area (Å²) in [6.07, 6.45) is 5.22. The molecule has 0 spiro atoms. The zero-order chi connectivity index (χ0) is 19.3. The highest BCUT2D eigenvalue weighted by Crippen LogP contribution is 2.19. The Morgan fingerprint density at radius 2 is 2.00 bits per heavy atom. The molecule has 1 aromatic carbocycles. The maximum atomic E-state index is 12.6. The number of likely N-dealkylation sites (tertiary alicyclic amines) is 1. The van der Waals surface area contributed by atoms with Gasteiger partial charge in [-0.3, -0.25) is 9.69 Å². The molecule has 2 saturated heterocycles. The number of carbonyl (C=O) groups is 1. The van der Waals surface area contributed by atoms with Crippen LogP contribution < -0.4 is 10.6 Å². The van der Waals surface area contributed by atoms with Crippen molar-refractivity contribution in [3.05, 3.63) is 41.7 Å². The molecule has 0 bridgehead atoms. The van der Waals surface area contributed by atoms with Crippen molar-refractivity contribution in [3.8, 4) is 0 Å². The molecule has 0 aliphatic carbocycles. The Morgan fingerprint density at radius 3 is 2.79 bits per heavy atom. The SMILES string of the molecule is O=C(Nc1cccc(CN2CCC(O)CC2)c1)c1cn(C2CCNCC2)nn1. The van der Waals surface area contributed by atoms with Crippen molar-refractivity contribution < 1.29 is 9.90 Å². The minimum absolute atomic E-state index is 0.167. The highest BCUT2D eigenvalue weighted by atomic mass is 16.3. The summed E-state index contributed by atoms with van der Waals surface area (Å²) in [7, 11) is 0. The average molecular weight is 384 g/mol. The maximum absolute atomic E-state index is 12.6. The summed E-state index contributed by atoms with van der Waals surface area (Å²) < 4.78 is 1.82. The minimum Gasteiger partial charge on any atom is -0.393 e. The van der Waals surface area contributed by atoms with Gasteiger partial charge < -0.3 is 15.7 Å². The first kappa shape index (κ1) is 19.0. The van der Waals surface area contributed by atoms with Gasteiger partial charge in [-0.25, -0.2) is 4.68 Å². The van der Waals surface area contributed by atoms with Crippen LogP contribution in [0.5, 0.6) is 0 Å². The molecule has 2 aromatic rings. The van der Waals surface area contributed by atoms with Gasteiger partial charge in [0.1, 0.15) is 0 Å². The van der Waals surface area contributed by atoms with E-state index < -0.39 is 0 Å². The fourth-order valence-corrected chi connectivity index (χ4v) is 3.91. The van der Waals surface area contributed by atoms with Crippen molar-refractivity contribution in [1.82, 2.24) is 25.2 Å². The first-order valence-electron chi connectivity index (χ1n) is 10.1. The van der Waals surface area contributed by atoms with Crippen LogP contribution >= 0.6 is 0 Å². The van der Waals surface area contributed by atoms with Crippen molar-refractivity contribution >= 4 is 11.6 Å². The Balaban J connectivity index is 1.36. The maximum Gasteiger partial charge on any atom is 0.277 e. The quantitative estimate of drug-likeness (QED) is 0.722. The lowest BCUT2D eigenvalue weighted by Gasteiger charge is -2.29. The normalized spacial score (nSPS) is 19.6. The Hall–Kier alpha value is -2.29. The number of amides is 1. The predicted octanol–water partition coefficient (Wildman–Crippen LogP) is 1.41. The van der Waals surface area contributed by atoms with E-state index >= 15 is 0 Å². The summed E-state index contributed by atoms with van der Waals surface area (Å²) in [4.78, 5) is 14.9. The number of hydrogen-bond acceptors (Lipinski definition) is 6. The van der Waals surface area contributed by atoms with E-state index in [9.17, 15) is 9.90 Å². The smallest absolute Gasteiger partial charge is 0.277 e. The zero-order valence-corrected chi connectivity index (χ0v) is 16.0. The Kier molecular flexibility index (Phi) is 5.99. The summed E-state index contributed by atoms with van der Waals surface area (Å²) in [6.45, 7) is 4.56. The van der Waals surface area contributed by atoms with Crippen LogP contribution in [0.4, 0.5) is 5.69 Å². The van der Waals surface area contributed by atoms with Gasteiger partial charge in [0.25, 0.3) is 5.91 Å². The van der Waals surface area contributed by atoms with Crippen molar-refractivity contribution in [3.63, 3.8) is 0 Å². The summed E-state index contributed by atoms with van der Waals surface area (Å²) in [5, 5.41) is 24.1. The number of benzene rings is 1. The molecule has 3 N–H and O–H groups in total. The lowest BCUT2D eigenvalue weighted by Crippen LogP contribution is -2.35. The number of aliphatic hydroxyl groups is 1. The molecular formula is C20H28N6O2. The van der Waals surface area contributed by atoms with Gasteiger partial charge in [0, 0.05) is 25.3 Å². The fraction of sp³-hybridized carbons (Fsp3) is 0.550. The zero-order valence-electron chi connectivity index (χ0n) is 16.0. The molecule has 0 unspecified atom stereocenters. The van der Waals surface area contributed by atoms with E-state index in [4.69, 9.17) is 0 Å². The van der Waals surface area contributed by atoms with Crippen molar-refractivity contribution in [2.45, 2.75) is 44.4 Å². The van der Waals surface area contributed by atoms with Gasteiger partial charge >= 0.3 is 0 Å². The molecule has 8 nitrogen and oxygen atoms in total. The second-order valence-electron chi connectivity index (χ2n) is 7.73. The molecule has 3 heterocycles. The van der Waals surface area contributed by atoms with Crippen LogP contribution in [-0.4, -0.2) is 63.2 Å². The van der Waals surface area contributed by atoms with Crippen molar-refractivity contribution in [2.24, 2.45) is 0 Å². The number of nitrogens with one attached hydrogen (secondary N) is 2. The number of carbonyl (C=O) groups excluding carboxylic acids is 1. The van der Waals surface area contributed by atoms with Crippen LogP contribution in [0.15, 0.2) is 30.5 Å². The van der Waals surface area contributed by atoms with E-state index in [0.717, 1.165) is 69.7 Å². The Morgan fingerprint density at radius 1 is 1.21 bits per heavy atom. The number of hydrogen-bond donors (Lipinski definition) is 3. The van der Waals surface area contributed by atoms with Crippen LogP contribution in [0.2, 0.25) is 0 Å². The van der Waals surface area contributed by atoms with Crippen LogP contribution in [0.3, 0.4) is 0 Å². The largest absolute Gasteiger partial charge is 0.393 e. The van der Waals surface area contributed by atoms with Crippen molar-refractivity contribution in [2.75, 3.05) is 31.5 Å². The predicted molar refractivity (Wildman–Crippen MR) is 106 cm³/mol. The molecule has 1 aromatic heterocycles. The third-order valence-corrected chi connectivity index (χ3v) is 5.57. The molecule has 2 fully saturated rings. The number of aliphatic hydroxyl groups excluding tert-OH is 1. The van der Waals surface area contributed by atoms with Gasteiger partial charge in [-0.2, -0.15) is 0 Å². The van der Waals surface area contributed by atoms with E-state index in [1.165, 1.54) is 0 Å². The van der Waals surface area contributed by atoms with Gasteiger partial charge in [0.15, 0.2) is 5.69 Å². The van der Waals surface area contributed by atoms with E-state index in [1.54, 1.807) is 6.20 Å². The van der Waals surface area contributed by atoms with Crippen LogP contribution in [-0.2, 0) is 6.54 Å². The number of nitrogens with zero attached hydrogens (tertiary/aromatic N) is 4. The van der Waals surface area contributed by atoms with E-state index in [0.29, 0.717) is 11.7 Å². The number of piperidine rings is 2. The Labute approximate surface area is 164 Å². The highest BCUT2D eigenvalue weighted by molar-refractivity contribution is 6.02. The summed E-state index contributed by atoms with van der Waals surface area (Å²) in [6, 6.07) is 8.21. The molecule has 8 heteroatoms. The average Bonchev–Trinajstić information content (AvgIpc) is 3.21. The monoisotopic (exact) mass is 384 g/mol. The van der Waals surface area contributed by atoms with E-state index in [2.05, 4.69) is 31.9 Å². The summed E-state index contributed by atoms with van der Waals surface area (Å²) in [5.41, 5.74) is 2.25. The molecule has 0 radical (unpaired) electrons. The second-order valence-corrected chi connectivity index (χ2v) is 7.73. The molecule has 0 atom stereocenters. The molecule has 0 saturated carbocycles. The van der Waals surface area contributed by atoms with Crippen LogP contribution in [0, 0.1) is 0 Å². The first-order chi connectivity index (χ1) is 13.7. The molecule has 4 rings (SSSR count). The van der Waals surface area contributed by atoms with Gasteiger partial charge in [-0.05, 0) is 56.5 Å². The van der Waals surface area contributed by atoms with E-state index in [1.807, 2.05) is 22.9 Å². The molecule has 2 aliphatic heterocycles. The number of aromatic nitrogens is 3. The van der Waals surface area contributed by atoms with E-state index in [-0.39, 0.29) is 12.0 Å². The highest BCUT2D eigenvalue weighted by Gasteiger charge is 2.19. The lowest BCUT2D eigenvalue weighted by molar-refractivity contribution is 0.0792. The minimum atomic E-state index is -0.238. The lowest BCUT2D eigenvalue weighted by atomic mass is 10.1. The molecule has 28 heavy (non-hydrogen) atoms. The van der Waals surface area contributed by atoms with Gasteiger partial charge in [-0.1, -0.05) is 17.3 Å².